The highest BCUT2D eigenvalue weighted by molar-refractivity contribution is 7.88. The zero-order valence-electron chi connectivity index (χ0n) is 23.7. The first-order valence-electron chi connectivity index (χ1n) is 14.8. The Morgan fingerprint density at radius 1 is 1.05 bits per heavy atom. The summed E-state index contributed by atoms with van der Waals surface area (Å²) in [6.45, 7) is 4.35. The lowest BCUT2D eigenvalue weighted by Gasteiger charge is -2.36. The van der Waals surface area contributed by atoms with Crippen molar-refractivity contribution in [2.45, 2.75) is 96.2 Å². The summed E-state index contributed by atoms with van der Waals surface area (Å²) in [5.74, 6) is -0.931. The number of hydrogen-bond donors (Lipinski definition) is 1. The second-order valence-corrected chi connectivity index (χ2v) is 13.8. The fraction of sp³-hybridized carbons (Fsp3) is 0.700. The fourth-order valence-corrected chi connectivity index (χ4v) is 7.93. The number of hydrogen-bond acceptors (Lipinski definition) is 5. The molecule has 1 aliphatic carbocycles. The number of amides is 2. The van der Waals surface area contributed by atoms with E-state index in [1.54, 1.807) is 4.90 Å². The van der Waals surface area contributed by atoms with Crippen LogP contribution in [0.4, 0.5) is 0 Å². The van der Waals surface area contributed by atoms with Crippen LogP contribution in [0, 0.1) is 17.8 Å². The van der Waals surface area contributed by atoms with Crippen molar-refractivity contribution in [2.75, 3.05) is 19.3 Å². The van der Waals surface area contributed by atoms with Crippen molar-refractivity contribution >= 4 is 27.6 Å². The van der Waals surface area contributed by atoms with E-state index in [9.17, 15) is 22.8 Å². The summed E-state index contributed by atoms with van der Waals surface area (Å²) in [4.78, 5) is 42.5. The molecular weight excluding hydrogens is 514 g/mol. The number of carbonyl (C=O) groups is 3. The van der Waals surface area contributed by atoms with Gasteiger partial charge in [-0.3, -0.25) is 14.4 Å². The molecule has 0 unspecified atom stereocenters. The molecule has 216 valence electrons. The number of carbonyl (C=O) groups excluding carboxylic acids is 3. The number of nitrogens with one attached hydrogen (secondary N) is 1. The molecular formula is C30H45N3O5S. The number of aryl methyl sites for hydroxylation is 1. The van der Waals surface area contributed by atoms with Crippen LogP contribution in [-0.4, -0.2) is 72.7 Å². The molecule has 2 heterocycles. The predicted octanol–water partition coefficient (Wildman–Crippen LogP) is 3.55. The number of Topliss-reactive ketones (excluding diaryl/α,β-unsaturated/α-hetero) is 1. The van der Waals surface area contributed by atoms with E-state index >= 15 is 0 Å². The molecule has 5 atom stereocenters. The van der Waals surface area contributed by atoms with Crippen LogP contribution in [0.3, 0.4) is 0 Å². The molecule has 0 bridgehead atoms. The van der Waals surface area contributed by atoms with Crippen LogP contribution in [0.15, 0.2) is 30.3 Å². The lowest BCUT2D eigenvalue weighted by molar-refractivity contribution is -0.141. The molecule has 2 saturated heterocycles. The molecule has 0 aromatic heterocycles. The quantitative estimate of drug-likeness (QED) is 0.447. The van der Waals surface area contributed by atoms with Gasteiger partial charge in [0.15, 0.2) is 0 Å². The number of nitrogens with zero attached hydrogens (tertiary/aromatic N) is 2. The van der Waals surface area contributed by atoms with E-state index in [1.807, 2.05) is 44.2 Å². The number of likely N-dealkylation sites (tertiary alicyclic amines) is 1. The smallest absolute Gasteiger partial charge is 0.245 e. The Morgan fingerprint density at radius 2 is 1.74 bits per heavy atom. The minimum atomic E-state index is -3.54. The zero-order chi connectivity index (χ0) is 28.2. The molecule has 39 heavy (non-hydrogen) atoms. The van der Waals surface area contributed by atoms with Gasteiger partial charge in [0.1, 0.15) is 11.8 Å². The van der Waals surface area contributed by atoms with Gasteiger partial charge < -0.3 is 10.2 Å². The lowest BCUT2D eigenvalue weighted by atomic mass is 9.82. The summed E-state index contributed by atoms with van der Waals surface area (Å²) in [5.41, 5.74) is 1.16. The van der Waals surface area contributed by atoms with Crippen molar-refractivity contribution in [3.8, 4) is 0 Å². The standard InChI is InChI=1S/C30H45N3O5S/c1-4-21(2)29(35)31-27(23-15-9-6-10-16-23)30(36)32-19-18-25-28(32)24(20-33(25)39(3,37)38)26(34)17-11-14-22-12-7-5-8-13-22/h5,7-8,12-13,21,23-25,27-28H,4,6,9-11,14-20H2,1-3H3,(H,31,35)/t21-,24-,25-,27+,28-/m1/s1. The van der Waals surface area contributed by atoms with Gasteiger partial charge in [0, 0.05) is 31.5 Å². The summed E-state index contributed by atoms with van der Waals surface area (Å²) in [6.07, 6.45) is 9.15. The maximum absolute atomic E-state index is 14.2. The second kappa shape index (κ2) is 12.9. The topological polar surface area (TPSA) is 104 Å². The van der Waals surface area contributed by atoms with Gasteiger partial charge in [0.05, 0.1) is 18.2 Å². The largest absolute Gasteiger partial charge is 0.344 e. The molecule has 1 aromatic rings. The van der Waals surface area contributed by atoms with Gasteiger partial charge in [-0.15, -0.1) is 0 Å². The zero-order valence-corrected chi connectivity index (χ0v) is 24.5. The summed E-state index contributed by atoms with van der Waals surface area (Å²) < 4.78 is 26.9. The summed E-state index contributed by atoms with van der Waals surface area (Å²) in [7, 11) is -3.54. The molecule has 1 N–H and O–H groups in total. The van der Waals surface area contributed by atoms with Gasteiger partial charge in [-0.2, -0.15) is 4.31 Å². The van der Waals surface area contributed by atoms with Crippen LogP contribution < -0.4 is 5.32 Å². The Kier molecular flexibility index (Phi) is 9.86. The molecule has 0 radical (unpaired) electrons. The van der Waals surface area contributed by atoms with Crippen molar-refractivity contribution < 1.29 is 22.8 Å². The van der Waals surface area contributed by atoms with Gasteiger partial charge in [-0.05, 0) is 50.0 Å². The van der Waals surface area contributed by atoms with Crippen molar-refractivity contribution in [3.63, 3.8) is 0 Å². The highest BCUT2D eigenvalue weighted by Crippen LogP contribution is 2.39. The minimum absolute atomic E-state index is 0.0182. The maximum Gasteiger partial charge on any atom is 0.245 e. The Labute approximate surface area is 233 Å². The van der Waals surface area contributed by atoms with Gasteiger partial charge >= 0.3 is 0 Å². The number of ketones is 1. The molecule has 2 aliphatic heterocycles. The van der Waals surface area contributed by atoms with Crippen molar-refractivity contribution in [3.05, 3.63) is 35.9 Å². The second-order valence-electron chi connectivity index (χ2n) is 11.8. The number of benzene rings is 1. The van der Waals surface area contributed by atoms with E-state index in [1.165, 1.54) is 10.6 Å². The number of fused-ring (bicyclic) bond motifs is 1. The third-order valence-electron chi connectivity index (χ3n) is 9.18. The van der Waals surface area contributed by atoms with Crippen molar-refractivity contribution in [1.82, 2.24) is 14.5 Å². The van der Waals surface area contributed by atoms with E-state index in [-0.39, 0.29) is 36.0 Å². The van der Waals surface area contributed by atoms with Gasteiger partial charge in [-0.25, -0.2) is 8.42 Å². The molecule has 0 spiro atoms. The van der Waals surface area contributed by atoms with E-state index in [0.29, 0.717) is 32.2 Å². The van der Waals surface area contributed by atoms with E-state index in [2.05, 4.69) is 5.32 Å². The highest BCUT2D eigenvalue weighted by atomic mass is 32.2. The lowest BCUT2D eigenvalue weighted by Crippen LogP contribution is -2.56. The minimum Gasteiger partial charge on any atom is -0.344 e. The Hall–Kier alpha value is -2.26. The summed E-state index contributed by atoms with van der Waals surface area (Å²) >= 11 is 0. The Bertz CT molecular complexity index is 1120. The van der Waals surface area contributed by atoms with E-state index < -0.39 is 34.1 Å². The van der Waals surface area contributed by atoms with Crippen molar-refractivity contribution in [2.24, 2.45) is 17.8 Å². The first kappa shape index (κ1) is 29.7. The molecule has 9 heteroatoms. The molecule has 1 aromatic carbocycles. The molecule has 2 amide bonds. The normalized spacial score (nSPS) is 25.7. The van der Waals surface area contributed by atoms with Gasteiger partial charge in [-0.1, -0.05) is 63.4 Å². The average Bonchev–Trinajstić information content (AvgIpc) is 3.52. The van der Waals surface area contributed by atoms with E-state index in [0.717, 1.165) is 44.1 Å². The molecule has 8 nitrogen and oxygen atoms in total. The molecule has 3 aliphatic rings. The monoisotopic (exact) mass is 559 g/mol. The molecule has 3 fully saturated rings. The first-order valence-corrected chi connectivity index (χ1v) is 16.6. The van der Waals surface area contributed by atoms with Crippen LogP contribution >= 0.6 is 0 Å². The third kappa shape index (κ3) is 6.91. The number of rotatable bonds is 11. The van der Waals surface area contributed by atoms with Crippen molar-refractivity contribution in [1.29, 1.82) is 0 Å². The molecule has 4 rings (SSSR count). The highest BCUT2D eigenvalue weighted by Gasteiger charge is 2.55. The maximum atomic E-state index is 14.2. The van der Waals surface area contributed by atoms with Crippen LogP contribution in [-0.2, 0) is 30.8 Å². The Balaban J connectivity index is 1.54. The van der Waals surface area contributed by atoms with Crippen LogP contribution in [0.5, 0.6) is 0 Å². The van der Waals surface area contributed by atoms with Crippen LogP contribution in [0.1, 0.15) is 77.2 Å². The average molecular weight is 560 g/mol. The van der Waals surface area contributed by atoms with Gasteiger partial charge in [0.25, 0.3) is 0 Å². The first-order chi connectivity index (χ1) is 18.6. The third-order valence-corrected chi connectivity index (χ3v) is 10.4. The number of sulfonamides is 1. The van der Waals surface area contributed by atoms with Crippen LogP contribution in [0.25, 0.3) is 0 Å². The van der Waals surface area contributed by atoms with E-state index in [4.69, 9.17) is 0 Å². The van der Waals surface area contributed by atoms with Gasteiger partial charge in [0.2, 0.25) is 21.8 Å². The Morgan fingerprint density at radius 3 is 2.38 bits per heavy atom. The fourth-order valence-electron chi connectivity index (χ4n) is 6.77. The van der Waals surface area contributed by atoms with Crippen LogP contribution in [0.2, 0.25) is 0 Å². The predicted molar refractivity (Wildman–Crippen MR) is 151 cm³/mol. The summed E-state index contributed by atoms with van der Waals surface area (Å²) in [6, 6.07) is 8.49. The molecule has 1 saturated carbocycles. The summed E-state index contributed by atoms with van der Waals surface area (Å²) in [5, 5.41) is 3.09. The SMILES string of the molecule is CC[C@@H](C)C(=O)N[C@H](C(=O)N1CC[C@@H]2[C@H]1[C@@H](C(=O)CCCc1ccccc1)CN2S(C)(=O)=O)C1CCCCC1.